The molecule has 1 aromatic heterocycles. The number of nitrogens with zero attached hydrogens (tertiary/aromatic N) is 1. The third-order valence-corrected chi connectivity index (χ3v) is 5.60. The van der Waals surface area contributed by atoms with Crippen molar-refractivity contribution >= 4 is 23.2 Å². The van der Waals surface area contributed by atoms with Gasteiger partial charge in [0.1, 0.15) is 6.04 Å². The maximum Gasteiger partial charge on any atom is 0.330 e. The highest BCUT2D eigenvalue weighted by molar-refractivity contribution is 6.08. The van der Waals surface area contributed by atoms with Crippen LogP contribution in [0.25, 0.3) is 5.57 Å². The van der Waals surface area contributed by atoms with E-state index in [0.717, 1.165) is 22.3 Å². The maximum atomic E-state index is 12.9. The van der Waals surface area contributed by atoms with Crippen molar-refractivity contribution in [2.24, 2.45) is 0 Å². The summed E-state index contributed by atoms with van der Waals surface area (Å²) in [7, 11) is 0. The largest absolute Gasteiger partial charge is 0.479 e. The number of allylic oxidation sites excluding steroid dienone is 3. The predicted molar refractivity (Wildman–Crippen MR) is 137 cm³/mol. The summed E-state index contributed by atoms with van der Waals surface area (Å²) >= 11 is 0. The molecule has 1 atom stereocenters. The first-order valence-electron chi connectivity index (χ1n) is 11.4. The molecule has 3 aromatic rings. The molecule has 0 saturated heterocycles. The standard InChI is InChI=1S/C29H30N2O4/c1-19(2)17-25(29(34)35)30-28(33)24-8-5-7-23(18-24)21(4)14-16-31-15-6-9-26(31)27(32)22-12-10-20(3)11-13-22/h5-15,17-18,25H,16H2,1-4H3,(H,30,33)(H,34,35)/b21-14+. The normalized spacial score (nSPS) is 12.1. The lowest BCUT2D eigenvalue weighted by Gasteiger charge is -2.12. The van der Waals surface area contributed by atoms with E-state index in [1.54, 1.807) is 32.0 Å². The minimum Gasteiger partial charge on any atom is -0.479 e. The Morgan fingerprint density at radius 2 is 1.63 bits per heavy atom. The predicted octanol–water partition coefficient (Wildman–Crippen LogP) is 5.28. The van der Waals surface area contributed by atoms with E-state index in [2.05, 4.69) is 5.32 Å². The molecule has 2 aromatic carbocycles. The summed E-state index contributed by atoms with van der Waals surface area (Å²) in [6, 6.07) is 17.1. The van der Waals surface area contributed by atoms with Gasteiger partial charge in [0.2, 0.25) is 5.78 Å². The number of carboxylic acid groups (broad SMARTS) is 1. The number of aromatic nitrogens is 1. The Kier molecular flexibility index (Phi) is 8.21. The summed E-state index contributed by atoms with van der Waals surface area (Å²) in [6.07, 6.45) is 5.36. The number of benzene rings is 2. The van der Waals surface area contributed by atoms with Crippen LogP contribution in [0, 0.1) is 6.92 Å². The topological polar surface area (TPSA) is 88.4 Å². The molecule has 0 aliphatic heterocycles. The molecule has 3 rings (SSSR count). The Bertz CT molecular complexity index is 1290. The van der Waals surface area contributed by atoms with Crippen LogP contribution in [0.15, 0.2) is 84.6 Å². The van der Waals surface area contributed by atoms with Crippen molar-refractivity contribution in [3.63, 3.8) is 0 Å². The van der Waals surface area contributed by atoms with Crippen LogP contribution in [-0.4, -0.2) is 33.4 Å². The Morgan fingerprint density at radius 1 is 0.943 bits per heavy atom. The van der Waals surface area contributed by atoms with Gasteiger partial charge in [-0.1, -0.05) is 59.7 Å². The average molecular weight is 471 g/mol. The van der Waals surface area contributed by atoms with Gasteiger partial charge in [0, 0.05) is 23.9 Å². The van der Waals surface area contributed by atoms with Crippen molar-refractivity contribution in [2.45, 2.75) is 40.3 Å². The van der Waals surface area contributed by atoms with Gasteiger partial charge in [0.15, 0.2) is 0 Å². The Labute approximate surface area is 205 Å². The van der Waals surface area contributed by atoms with Gasteiger partial charge in [0.05, 0.1) is 5.69 Å². The van der Waals surface area contributed by atoms with Crippen LogP contribution in [0.5, 0.6) is 0 Å². The zero-order valence-electron chi connectivity index (χ0n) is 20.4. The number of carbonyl (C=O) groups excluding carboxylic acids is 2. The Morgan fingerprint density at radius 3 is 2.29 bits per heavy atom. The molecule has 0 aliphatic rings. The van der Waals surface area contributed by atoms with Crippen molar-refractivity contribution in [1.29, 1.82) is 0 Å². The van der Waals surface area contributed by atoms with Gasteiger partial charge < -0.3 is 15.0 Å². The van der Waals surface area contributed by atoms with Gasteiger partial charge in [-0.2, -0.15) is 0 Å². The fourth-order valence-corrected chi connectivity index (χ4v) is 3.62. The highest BCUT2D eigenvalue weighted by Crippen LogP contribution is 2.18. The molecule has 0 saturated carbocycles. The molecule has 0 aliphatic carbocycles. The fourth-order valence-electron chi connectivity index (χ4n) is 3.62. The number of aliphatic carboxylic acids is 1. The van der Waals surface area contributed by atoms with Gasteiger partial charge >= 0.3 is 5.97 Å². The van der Waals surface area contributed by atoms with Crippen LogP contribution < -0.4 is 5.32 Å². The second kappa shape index (κ2) is 11.3. The number of rotatable bonds is 9. The molecular formula is C29H30N2O4. The van der Waals surface area contributed by atoms with E-state index in [0.29, 0.717) is 23.4 Å². The first-order chi connectivity index (χ1) is 16.7. The van der Waals surface area contributed by atoms with Crippen LogP contribution in [-0.2, 0) is 11.3 Å². The second-order valence-electron chi connectivity index (χ2n) is 8.74. The molecular weight excluding hydrogens is 440 g/mol. The van der Waals surface area contributed by atoms with E-state index in [1.807, 2.05) is 73.2 Å². The summed E-state index contributed by atoms with van der Waals surface area (Å²) in [5.74, 6) is -1.61. The zero-order chi connectivity index (χ0) is 25.5. The van der Waals surface area contributed by atoms with Crippen LogP contribution in [0.1, 0.15) is 58.3 Å². The van der Waals surface area contributed by atoms with Crippen molar-refractivity contribution in [2.75, 3.05) is 0 Å². The number of hydrogen-bond donors (Lipinski definition) is 2. The van der Waals surface area contributed by atoms with Gasteiger partial charge in [-0.15, -0.1) is 0 Å². The molecule has 180 valence electrons. The molecule has 0 bridgehead atoms. The van der Waals surface area contributed by atoms with Crippen LogP contribution >= 0.6 is 0 Å². The lowest BCUT2D eigenvalue weighted by Crippen LogP contribution is -2.39. The summed E-state index contributed by atoms with van der Waals surface area (Å²) in [6.45, 7) is 7.97. The molecule has 35 heavy (non-hydrogen) atoms. The number of ketones is 1. The van der Waals surface area contributed by atoms with Crippen molar-refractivity contribution < 1.29 is 19.5 Å². The zero-order valence-corrected chi connectivity index (χ0v) is 20.4. The first kappa shape index (κ1) is 25.4. The van der Waals surface area contributed by atoms with Gasteiger partial charge in [-0.3, -0.25) is 9.59 Å². The molecule has 1 amide bonds. The van der Waals surface area contributed by atoms with E-state index in [4.69, 9.17) is 0 Å². The average Bonchev–Trinajstić information content (AvgIpc) is 3.30. The summed E-state index contributed by atoms with van der Waals surface area (Å²) in [5, 5.41) is 11.9. The third kappa shape index (κ3) is 6.67. The molecule has 0 fully saturated rings. The molecule has 1 unspecified atom stereocenters. The van der Waals surface area contributed by atoms with E-state index < -0.39 is 17.9 Å². The van der Waals surface area contributed by atoms with E-state index >= 15 is 0 Å². The monoisotopic (exact) mass is 470 g/mol. The number of carboxylic acids is 1. The van der Waals surface area contributed by atoms with Crippen LogP contribution in [0.2, 0.25) is 0 Å². The van der Waals surface area contributed by atoms with Crippen LogP contribution in [0.3, 0.4) is 0 Å². The molecule has 2 N–H and O–H groups in total. The summed E-state index contributed by atoms with van der Waals surface area (Å²) < 4.78 is 1.89. The summed E-state index contributed by atoms with van der Waals surface area (Å²) in [4.78, 5) is 37.1. The van der Waals surface area contributed by atoms with Crippen LogP contribution in [0.4, 0.5) is 0 Å². The fraction of sp³-hybridized carbons (Fsp3) is 0.207. The molecule has 6 heteroatoms. The highest BCUT2D eigenvalue weighted by atomic mass is 16.4. The number of aryl methyl sites for hydroxylation is 1. The van der Waals surface area contributed by atoms with Gasteiger partial charge in [-0.05, 0) is 63.1 Å². The van der Waals surface area contributed by atoms with E-state index in [1.165, 1.54) is 6.08 Å². The first-order valence-corrected chi connectivity index (χ1v) is 11.4. The smallest absolute Gasteiger partial charge is 0.330 e. The molecule has 6 nitrogen and oxygen atoms in total. The number of amides is 1. The van der Waals surface area contributed by atoms with Gasteiger partial charge in [0.25, 0.3) is 5.91 Å². The highest BCUT2D eigenvalue weighted by Gasteiger charge is 2.18. The quantitative estimate of drug-likeness (QED) is 0.329. The molecule has 0 spiro atoms. The molecule has 1 heterocycles. The Balaban J connectivity index is 1.76. The van der Waals surface area contributed by atoms with Crippen molar-refractivity contribution in [3.05, 3.63) is 113 Å². The summed E-state index contributed by atoms with van der Waals surface area (Å²) in [5.41, 5.74) is 5.29. The number of carbonyl (C=O) groups is 3. The third-order valence-electron chi connectivity index (χ3n) is 5.60. The number of nitrogens with one attached hydrogen (secondary N) is 1. The van der Waals surface area contributed by atoms with E-state index in [-0.39, 0.29) is 5.78 Å². The SMILES string of the molecule is CC(C)=CC(NC(=O)c1cccc(/C(C)=C/Cn2cccc2C(=O)c2ccc(C)cc2)c1)C(=O)O. The lowest BCUT2D eigenvalue weighted by molar-refractivity contribution is -0.137. The van der Waals surface area contributed by atoms with E-state index in [9.17, 15) is 19.5 Å². The maximum absolute atomic E-state index is 12.9. The van der Waals surface area contributed by atoms with Crippen molar-refractivity contribution in [1.82, 2.24) is 9.88 Å². The Hall–Kier alpha value is -4.19. The van der Waals surface area contributed by atoms with Crippen molar-refractivity contribution in [3.8, 4) is 0 Å². The minimum absolute atomic E-state index is 0.0379. The lowest BCUT2D eigenvalue weighted by atomic mass is 10.0. The minimum atomic E-state index is -1.12. The number of hydrogen-bond acceptors (Lipinski definition) is 3. The molecule has 0 radical (unpaired) electrons. The van der Waals surface area contributed by atoms with Gasteiger partial charge in [-0.25, -0.2) is 4.79 Å². The second-order valence-corrected chi connectivity index (χ2v) is 8.74.